The first kappa shape index (κ1) is 20.3. The maximum Gasteiger partial charge on any atom is 0.262 e. The summed E-state index contributed by atoms with van der Waals surface area (Å²) in [6.07, 6.45) is 1.44. The fraction of sp³-hybridized carbons (Fsp3) is 0.118. The molecule has 6 nitrogen and oxygen atoms in total. The van der Waals surface area contributed by atoms with E-state index >= 15 is 0 Å². The average Bonchev–Trinajstić information content (AvgIpc) is 2.60. The lowest BCUT2D eigenvalue weighted by Gasteiger charge is -2.10. The second kappa shape index (κ2) is 9.05. The number of hydrogen-bond acceptors (Lipinski definition) is 4. The van der Waals surface area contributed by atoms with E-state index < -0.39 is 15.9 Å². The van der Waals surface area contributed by atoms with Crippen LogP contribution in [0, 0.1) is 0 Å². The van der Waals surface area contributed by atoms with Crippen LogP contribution < -0.4 is 14.8 Å². The Hall–Kier alpha value is -2.06. The number of benzene rings is 2. The normalized spacial score (nSPS) is 11.0. The van der Waals surface area contributed by atoms with Crippen molar-refractivity contribution >= 4 is 44.8 Å². The van der Waals surface area contributed by atoms with Crippen molar-refractivity contribution in [3.63, 3.8) is 0 Å². The van der Waals surface area contributed by atoms with Crippen LogP contribution in [-0.2, 0) is 14.8 Å². The molecule has 0 spiro atoms. The van der Waals surface area contributed by atoms with Crippen LogP contribution in [0.5, 0.6) is 5.75 Å². The van der Waals surface area contributed by atoms with Crippen LogP contribution in [0.25, 0.3) is 0 Å². The summed E-state index contributed by atoms with van der Waals surface area (Å²) >= 11 is 11.7. The maximum absolute atomic E-state index is 12.0. The molecule has 0 aliphatic heterocycles. The Kier molecular flexibility index (Phi) is 7.05. The zero-order valence-corrected chi connectivity index (χ0v) is 15.9. The van der Waals surface area contributed by atoms with Gasteiger partial charge < -0.3 is 10.1 Å². The summed E-state index contributed by atoms with van der Waals surface area (Å²) in [5.41, 5.74) is 0.434. The second-order valence-electron chi connectivity index (χ2n) is 5.08. The predicted molar refractivity (Wildman–Crippen MR) is 102 cm³/mol. The van der Waals surface area contributed by atoms with Gasteiger partial charge in [-0.05, 0) is 42.5 Å². The third-order valence-corrected chi connectivity index (χ3v) is 5.09. The smallest absolute Gasteiger partial charge is 0.262 e. The van der Waals surface area contributed by atoms with Gasteiger partial charge in [0.2, 0.25) is 10.0 Å². The first-order chi connectivity index (χ1) is 12.3. The third kappa shape index (κ3) is 5.74. The van der Waals surface area contributed by atoms with Gasteiger partial charge in [0.1, 0.15) is 5.75 Å². The lowest BCUT2D eigenvalue weighted by molar-refractivity contribution is -0.118. The van der Waals surface area contributed by atoms with Gasteiger partial charge in [-0.15, -0.1) is 6.58 Å². The van der Waals surface area contributed by atoms with Crippen LogP contribution in [0.1, 0.15) is 0 Å². The van der Waals surface area contributed by atoms with Crippen LogP contribution in [0.4, 0.5) is 5.69 Å². The minimum Gasteiger partial charge on any atom is -0.482 e. The van der Waals surface area contributed by atoms with Gasteiger partial charge in [-0.3, -0.25) is 4.79 Å². The highest BCUT2D eigenvalue weighted by atomic mass is 35.5. The number of carbonyl (C=O) groups excluding carboxylic acids is 1. The maximum atomic E-state index is 12.0. The van der Waals surface area contributed by atoms with E-state index in [0.717, 1.165) is 0 Å². The molecule has 138 valence electrons. The molecule has 0 aliphatic rings. The molecule has 2 rings (SSSR count). The average molecular weight is 415 g/mol. The zero-order valence-electron chi connectivity index (χ0n) is 13.5. The monoisotopic (exact) mass is 414 g/mol. The Morgan fingerprint density at radius 1 is 1.15 bits per heavy atom. The topological polar surface area (TPSA) is 84.5 Å². The van der Waals surface area contributed by atoms with E-state index in [4.69, 9.17) is 27.9 Å². The highest BCUT2D eigenvalue weighted by Crippen LogP contribution is 2.27. The minimum atomic E-state index is -3.61. The molecule has 0 aromatic heterocycles. The van der Waals surface area contributed by atoms with Crippen LogP contribution in [0.15, 0.2) is 60.0 Å². The summed E-state index contributed by atoms with van der Waals surface area (Å²) in [7, 11) is -3.61. The fourth-order valence-corrected chi connectivity index (χ4v) is 3.36. The van der Waals surface area contributed by atoms with Gasteiger partial charge in [0.15, 0.2) is 6.61 Å². The molecule has 2 N–H and O–H groups in total. The molecular formula is C17H16Cl2N2O4S. The Labute approximate surface area is 161 Å². The first-order valence-electron chi connectivity index (χ1n) is 7.40. The van der Waals surface area contributed by atoms with Crippen LogP contribution in [0.2, 0.25) is 10.0 Å². The van der Waals surface area contributed by atoms with Crippen molar-refractivity contribution in [1.82, 2.24) is 4.72 Å². The summed E-state index contributed by atoms with van der Waals surface area (Å²) < 4.78 is 31.6. The Morgan fingerprint density at radius 3 is 2.46 bits per heavy atom. The second-order valence-corrected chi connectivity index (χ2v) is 7.69. The molecule has 2 aromatic carbocycles. The van der Waals surface area contributed by atoms with Crippen molar-refractivity contribution in [3.05, 3.63) is 65.2 Å². The minimum absolute atomic E-state index is 0.0848. The van der Waals surface area contributed by atoms with Crippen LogP contribution >= 0.6 is 23.2 Å². The predicted octanol–water partition coefficient (Wildman–Crippen LogP) is 3.48. The molecule has 1 amide bonds. The van der Waals surface area contributed by atoms with E-state index in [2.05, 4.69) is 16.6 Å². The number of carbonyl (C=O) groups is 1. The van der Waals surface area contributed by atoms with Gasteiger partial charge in [-0.25, -0.2) is 13.1 Å². The van der Waals surface area contributed by atoms with Gasteiger partial charge >= 0.3 is 0 Å². The molecule has 0 aliphatic carbocycles. The Bertz CT molecular complexity index is 899. The van der Waals surface area contributed by atoms with E-state index in [1.165, 1.54) is 36.4 Å². The number of amides is 1. The van der Waals surface area contributed by atoms with Crippen molar-refractivity contribution in [2.75, 3.05) is 18.5 Å². The molecule has 0 saturated heterocycles. The molecular weight excluding hydrogens is 399 g/mol. The van der Waals surface area contributed by atoms with E-state index in [1.54, 1.807) is 12.1 Å². The molecule has 0 bridgehead atoms. The van der Waals surface area contributed by atoms with Crippen molar-refractivity contribution in [2.24, 2.45) is 0 Å². The van der Waals surface area contributed by atoms with Gasteiger partial charge in [-0.2, -0.15) is 0 Å². The molecule has 9 heteroatoms. The summed E-state index contributed by atoms with van der Waals surface area (Å²) in [4.78, 5) is 12.0. The number of ether oxygens (including phenoxy) is 1. The molecule has 26 heavy (non-hydrogen) atoms. The largest absolute Gasteiger partial charge is 0.482 e. The van der Waals surface area contributed by atoms with Crippen molar-refractivity contribution < 1.29 is 17.9 Å². The van der Waals surface area contributed by atoms with Crippen molar-refractivity contribution in [3.8, 4) is 5.75 Å². The number of anilines is 1. The number of nitrogens with one attached hydrogen (secondary N) is 2. The quantitative estimate of drug-likeness (QED) is 0.647. The fourth-order valence-electron chi connectivity index (χ4n) is 1.90. The lowest BCUT2D eigenvalue weighted by atomic mass is 10.3. The summed E-state index contributed by atoms with van der Waals surface area (Å²) in [5.74, 6) is -0.0858. The van der Waals surface area contributed by atoms with E-state index in [1.807, 2.05) is 0 Å². The van der Waals surface area contributed by atoms with E-state index in [9.17, 15) is 13.2 Å². The van der Waals surface area contributed by atoms with Crippen molar-refractivity contribution in [1.29, 1.82) is 0 Å². The lowest BCUT2D eigenvalue weighted by Crippen LogP contribution is -2.23. The molecule has 0 fully saturated rings. The molecule has 0 unspecified atom stereocenters. The number of rotatable bonds is 8. The van der Waals surface area contributed by atoms with E-state index in [0.29, 0.717) is 21.5 Å². The summed E-state index contributed by atoms with van der Waals surface area (Å²) in [5, 5.41) is 3.36. The van der Waals surface area contributed by atoms with Gasteiger partial charge in [0.05, 0.1) is 9.92 Å². The highest BCUT2D eigenvalue weighted by Gasteiger charge is 2.13. The molecule has 0 saturated carbocycles. The van der Waals surface area contributed by atoms with Crippen LogP contribution in [-0.4, -0.2) is 27.5 Å². The molecule has 0 radical (unpaired) electrons. The highest BCUT2D eigenvalue weighted by molar-refractivity contribution is 7.89. The Morgan fingerprint density at radius 2 is 1.85 bits per heavy atom. The standard InChI is InChI=1S/C17H16Cl2N2O4S/c1-2-9-20-26(23,24)14-6-4-13(5-7-14)21-17(22)11-25-16-8-3-12(18)10-15(16)19/h2-8,10,20H,1,9,11H2,(H,21,22). The summed E-state index contributed by atoms with van der Waals surface area (Å²) in [6, 6.07) is 10.4. The summed E-state index contributed by atoms with van der Waals surface area (Å²) in [6.45, 7) is 3.32. The van der Waals surface area contributed by atoms with Gasteiger partial charge in [0, 0.05) is 17.3 Å². The molecule has 0 heterocycles. The van der Waals surface area contributed by atoms with E-state index in [-0.39, 0.29) is 18.0 Å². The van der Waals surface area contributed by atoms with Gasteiger partial charge in [-0.1, -0.05) is 29.3 Å². The number of hydrogen-bond donors (Lipinski definition) is 2. The molecule has 0 atom stereocenters. The Balaban J connectivity index is 1.94. The molecule has 2 aromatic rings. The number of sulfonamides is 1. The zero-order chi connectivity index (χ0) is 19.2. The van der Waals surface area contributed by atoms with Crippen LogP contribution in [0.3, 0.4) is 0 Å². The first-order valence-corrected chi connectivity index (χ1v) is 9.64. The van der Waals surface area contributed by atoms with Crippen molar-refractivity contribution in [2.45, 2.75) is 4.90 Å². The SMILES string of the molecule is C=CCNS(=O)(=O)c1ccc(NC(=O)COc2ccc(Cl)cc2Cl)cc1. The third-order valence-electron chi connectivity index (χ3n) is 3.12. The number of halogens is 2. The van der Waals surface area contributed by atoms with Gasteiger partial charge in [0.25, 0.3) is 5.91 Å².